The van der Waals surface area contributed by atoms with Gasteiger partial charge in [0.1, 0.15) is 0 Å². The Balaban J connectivity index is 2.80. The standard InChI is InChI=1S/C18H20N2/c1-7-15-11(2)8-9-16(18(15)19-6)17-13(4)10-12(3)14(5)20-17/h7-10H,1,6H2,2-5H3. The molecule has 0 unspecified atom stereocenters. The Morgan fingerprint density at radius 1 is 1.05 bits per heavy atom. The third-order valence-electron chi connectivity index (χ3n) is 3.71. The van der Waals surface area contributed by atoms with Gasteiger partial charge in [-0.15, -0.1) is 0 Å². The summed E-state index contributed by atoms with van der Waals surface area (Å²) in [7, 11) is 0. The van der Waals surface area contributed by atoms with Crippen molar-refractivity contribution in [2.45, 2.75) is 27.7 Å². The fourth-order valence-corrected chi connectivity index (χ4v) is 2.44. The molecule has 0 atom stereocenters. The minimum Gasteiger partial charge on any atom is -0.263 e. The Hall–Kier alpha value is -2.22. The normalized spacial score (nSPS) is 10.4. The highest BCUT2D eigenvalue weighted by molar-refractivity contribution is 5.84. The SMILES string of the molecule is C=Cc1c(C)ccc(-c2nc(C)c(C)cc2C)c1N=C. The molecule has 2 aromatic rings. The molecule has 0 aliphatic rings. The topological polar surface area (TPSA) is 25.2 Å². The van der Waals surface area contributed by atoms with Gasteiger partial charge < -0.3 is 0 Å². The maximum Gasteiger partial charge on any atom is 0.0791 e. The van der Waals surface area contributed by atoms with Crippen LogP contribution in [-0.4, -0.2) is 11.7 Å². The monoisotopic (exact) mass is 264 g/mol. The molecule has 0 saturated carbocycles. The van der Waals surface area contributed by atoms with Gasteiger partial charge in [-0.05, 0) is 51.1 Å². The van der Waals surface area contributed by atoms with Gasteiger partial charge in [-0.3, -0.25) is 9.98 Å². The highest BCUT2D eigenvalue weighted by atomic mass is 14.8. The van der Waals surface area contributed by atoms with E-state index in [9.17, 15) is 0 Å². The highest BCUT2D eigenvalue weighted by Crippen LogP contribution is 2.36. The van der Waals surface area contributed by atoms with Gasteiger partial charge >= 0.3 is 0 Å². The zero-order valence-electron chi connectivity index (χ0n) is 12.6. The van der Waals surface area contributed by atoms with Crippen molar-refractivity contribution in [3.8, 4) is 11.3 Å². The summed E-state index contributed by atoms with van der Waals surface area (Å²) in [6.07, 6.45) is 1.83. The van der Waals surface area contributed by atoms with Crippen molar-refractivity contribution in [3.63, 3.8) is 0 Å². The molecule has 1 aromatic carbocycles. The van der Waals surface area contributed by atoms with Crippen LogP contribution in [-0.2, 0) is 0 Å². The molecule has 0 N–H and O–H groups in total. The minimum absolute atomic E-state index is 0.860. The lowest BCUT2D eigenvalue weighted by Gasteiger charge is -2.14. The first kappa shape index (κ1) is 14.2. The number of aromatic nitrogens is 1. The second-order valence-corrected chi connectivity index (χ2v) is 5.11. The van der Waals surface area contributed by atoms with Crippen LogP contribution >= 0.6 is 0 Å². The number of benzene rings is 1. The van der Waals surface area contributed by atoms with Crippen molar-refractivity contribution in [3.05, 3.63) is 52.7 Å². The summed E-state index contributed by atoms with van der Waals surface area (Å²) in [5, 5.41) is 0. The Morgan fingerprint density at radius 3 is 2.35 bits per heavy atom. The molecular formula is C18H20N2. The third-order valence-corrected chi connectivity index (χ3v) is 3.71. The second-order valence-electron chi connectivity index (χ2n) is 5.11. The number of hydrogen-bond donors (Lipinski definition) is 0. The first-order valence-corrected chi connectivity index (χ1v) is 6.67. The van der Waals surface area contributed by atoms with E-state index in [2.05, 4.69) is 57.3 Å². The van der Waals surface area contributed by atoms with E-state index in [4.69, 9.17) is 4.98 Å². The summed E-state index contributed by atoms with van der Waals surface area (Å²) in [6, 6.07) is 6.31. The third kappa shape index (κ3) is 2.29. The van der Waals surface area contributed by atoms with Gasteiger partial charge in [-0.1, -0.05) is 30.9 Å². The number of hydrogen-bond acceptors (Lipinski definition) is 2. The second kappa shape index (κ2) is 5.41. The Morgan fingerprint density at radius 2 is 1.75 bits per heavy atom. The average Bonchev–Trinajstić information content (AvgIpc) is 2.42. The number of aryl methyl sites for hydroxylation is 4. The van der Waals surface area contributed by atoms with Crippen LogP contribution in [0, 0.1) is 27.7 Å². The van der Waals surface area contributed by atoms with Crippen LogP contribution in [0.1, 0.15) is 27.9 Å². The maximum absolute atomic E-state index is 4.73. The van der Waals surface area contributed by atoms with Gasteiger partial charge in [0.25, 0.3) is 0 Å². The molecule has 0 radical (unpaired) electrons. The summed E-state index contributed by atoms with van der Waals surface area (Å²) in [4.78, 5) is 8.94. The Bertz CT molecular complexity index is 697. The largest absolute Gasteiger partial charge is 0.263 e. The average molecular weight is 264 g/mol. The zero-order valence-corrected chi connectivity index (χ0v) is 12.6. The molecule has 2 nitrogen and oxygen atoms in total. The predicted molar refractivity (Wildman–Crippen MR) is 87.9 cm³/mol. The van der Waals surface area contributed by atoms with Crippen molar-refractivity contribution < 1.29 is 0 Å². The van der Waals surface area contributed by atoms with Gasteiger partial charge in [0, 0.05) is 16.8 Å². The smallest absolute Gasteiger partial charge is 0.0791 e. The van der Waals surface area contributed by atoms with Gasteiger partial charge in [0.05, 0.1) is 11.4 Å². The number of rotatable bonds is 3. The van der Waals surface area contributed by atoms with Crippen LogP contribution in [0.3, 0.4) is 0 Å². The van der Waals surface area contributed by atoms with Crippen LogP contribution in [0.25, 0.3) is 17.3 Å². The lowest BCUT2D eigenvalue weighted by Crippen LogP contribution is -1.96. The van der Waals surface area contributed by atoms with Gasteiger partial charge in [-0.25, -0.2) is 0 Å². The maximum atomic E-state index is 4.73. The summed E-state index contributed by atoms with van der Waals surface area (Å²) in [5.74, 6) is 0. The summed E-state index contributed by atoms with van der Waals surface area (Å²) >= 11 is 0. The molecule has 1 heterocycles. The van der Waals surface area contributed by atoms with Crippen molar-refractivity contribution in [1.82, 2.24) is 4.98 Å². The number of nitrogens with zero attached hydrogens (tertiary/aromatic N) is 2. The molecule has 0 bridgehead atoms. The van der Waals surface area contributed by atoms with E-state index in [-0.39, 0.29) is 0 Å². The Labute approximate surface area is 120 Å². The Kier molecular flexibility index (Phi) is 3.84. The van der Waals surface area contributed by atoms with Crippen molar-refractivity contribution in [2.75, 3.05) is 0 Å². The molecule has 0 amide bonds. The quantitative estimate of drug-likeness (QED) is 0.719. The fourth-order valence-electron chi connectivity index (χ4n) is 2.44. The van der Waals surface area contributed by atoms with Crippen LogP contribution in [0.2, 0.25) is 0 Å². The summed E-state index contributed by atoms with van der Waals surface area (Å²) in [6.45, 7) is 15.8. The zero-order chi connectivity index (χ0) is 14.9. The molecule has 2 rings (SSSR count). The molecule has 20 heavy (non-hydrogen) atoms. The van der Waals surface area contributed by atoms with E-state index in [1.807, 2.05) is 13.0 Å². The van der Waals surface area contributed by atoms with Gasteiger partial charge in [0.2, 0.25) is 0 Å². The summed E-state index contributed by atoms with van der Waals surface area (Å²) < 4.78 is 0. The van der Waals surface area contributed by atoms with E-state index >= 15 is 0 Å². The van der Waals surface area contributed by atoms with E-state index in [0.29, 0.717) is 0 Å². The molecular weight excluding hydrogens is 244 g/mol. The highest BCUT2D eigenvalue weighted by Gasteiger charge is 2.13. The van der Waals surface area contributed by atoms with Crippen molar-refractivity contribution in [2.24, 2.45) is 4.99 Å². The van der Waals surface area contributed by atoms with Crippen LogP contribution in [0.4, 0.5) is 5.69 Å². The van der Waals surface area contributed by atoms with Gasteiger partial charge in [0.15, 0.2) is 0 Å². The van der Waals surface area contributed by atoms with E-state index in [1.54, 1.807) is 0 Å². The molecule has 0 aliphatic carbocycles. The lowest BCUT2D eigenvalue weighted by molar-refractivity contribution is 1.13. The van der Waals surface area contributed by atoms with Gasteiger partial charge in [-0.2, -0.15) is 0 Å². The number of pyridine rings is 1. The van der Waals surface area contributed by atoms with Crippen molar-refractivity contribution in [1.29, 1.82) is 0 Å². The van der Waals surface area contributed by atoms with Crippen LogP contribution in [0.5, 0.6) is 0 Å². The molecule has 102 valence electrons. The molecule has 0 aliphatic heterocycles. The van der Waals surface area contributed by atoms with E-state index < -0.39 is 0 Å². The molecule has 0 saturated heterocycles. The molecule has 1 aromatic heterocycles. The van der Waals surface area contributed by atoms with E-state index in [0.717, 1.165) is 39.3 Å². The molecule has 0 spiro atoms. The lowest BCUT2D eigenvalue weighted by atomic mass is 9.96. The first-order valence-electron chi connectivity index (χ1n) is 6.67. The predicted octanol–water partition coefficient (Wildman–Crippen LogP) is 4.96. The minimum atomic E-state index is 0.860. The van der Waals surface area contributed by atoms with Crippen LogP contribution in [0.15, 0.2) is 29.8 Å². The molecule has 2 heteroatoms. The molecule has 0 fully saturated rings. The first-order chi connectivity index (χ1) is 9.49. The number of aliphatic imine (C=N–C) groups is 1. The summed E-state index contributed by atoms with van der Waals surface area (Å²) in [5.41, 5.74) is 8.41. The van der Waals surface area contributed by atoms with Crippen molar-refractivity contribution >= 4 is 18.5 Å². The fraction of sp³-hybridized carbons (Fsp3) is 0.222. The van der Waals surface area contributed by atoms with E-state index in [1.165, 1.54) is 5.56 Å². The van der Waals surface area contributed by atoms with Crippen LogP contribution < -0.4 is 0 Å².